The summed E-state index contributed by atoms with van der Waals surface area (Å²) in [5.74, 6) is 0.0430. The first-order chi connectivity index (χ1) is 12.6. The average molecular weight is 358 g/mol. The molecule has 0 saturated carbocycles. The van der Waals surface area contributed by atoms with Gasteiger partial charge in [-0.1, -0.05) is 30.3 Å². The quantitative estimate of drug-likeness (QED) is 0.732. The summed E-state index contributed by atoms with van der Waals surface area (Å²) in [5.41, 5.74) is 1.41. The summed E-state index contributed by atoms with van der Waals surface area (Å²) in [5, 5.41) is 7.57. The van der Waals surface area contributed by atoms with E-state index in [1.54, 1.807) is 0 Å². The number of carbonyl (C=O) groups excluding carboxylic acids is 3. The van der Waals surface area contributed by atoms with Crippen molar-refractivity contribution in [3.63, 3.8) is 0 Å². The number of nitrogens with zero attached hydrogens (tertiary/aromatic N) is 1. The molecule has 7 nitrogen and oxygen atoms in total. The van der Waals surface area contributed by atoms with Crippen LogP contribution in [-0.4, -0.2) is 55.0 Å². The molecule has 0 aromatic heterocycles. The predicted molar refractivity (Wildman–Crippen MR) is 97.6 cm³/mol. The summed E-state index contributed by atoms with van der Waals surface area (Å²) in [7, 11) is 0. The van der Waals surface area contributed by atoms with Gasteiger partial charge in [-0.25, -0.2) is 4.79 Å². The van der Waals surface area contributed by atoms with Gasteiger partial charge in [0, 0.05) is 19.5 Å². The van der Waals surface area contributed by atoms with Crippen molar-refractivity contribution in [2.75, 3.05) is 26.2 Å². The van der Waals surface area contributed by atoms with Crippen molar-refractivity contribution < 1.29 is 14.4 Å². The van der Waals surface area contributed by atoms with E-state index in [2.05, 4.69) is 45.1 Å². The highest BCUT2D eigenvalue weighted by Gasteiger charge is 2.26. The molecule has 0 aliphatic carbocycles. The lowest BCUT2D eigenvalue weighted by molar-refractivity contribution is -0.123. The lowest BCUT2D eigenvalue weighted by atomic mass is 9.89. The number of likely N-dealkylation sites (tertiary alicyclic amines) is 1. The normalized spacial score (nSPS) is 22.2. The molecule has 0 bridgehead atoms. The van der Waals surface area contributed by atoms with Crippen molar-refractivity contribution in [3.8, 4) is 0 Å². The first-order valence-electron chi connectivity index (χ1n) is 9.27. The molecule has 26 heavy (non-hydrogen) atoms. The van der Waals surface area contributed by atoms with Crippen molar-refractivity contribution in [2.45, 2.75) is 37.6 Å². The third-order valence-corrected chi connectivity index (χ3v) is 5.12. The van der Waals surface area contributed by atoms with Crippen LogP contribution in [0.2, 0.25) is 0 Å². The van der Waals surface area contributed by atoms with Crippen LogP contribution in [0.25, 0.3) is 0 Å². The molecule has 1 atom stereocenters. The van der Waals surface area contributed by atoms with E-state index in [1.165, 1.54) is 5.56 Å². The number of urea groups is 1. The fourth-order valence-corrected chi connectivity index (χ4v) is 3.60. The van der Waals surface area contributed by atoms with Gasteiger partial charge in [-0.3, -0.25) is 14.9 Å². The van der Waals surface area contributed by atoms with E-state index in [0.29, 0.717) is 18.9 Å². The maximum absolute atomic E-state index is 12.2. The van der Waals surface area contributed by atoms with Crippen LogP contribution in [0, 0.1) is 0 Å². The van der Waals surface area contributed by atoms with Gasteiger partial charge in [0.1, 0.15) is 6.04 Å². The molecule has 2 heterocycles. The molecular weight excluding hydrogens is 332 g/mol. The van der Waals surface area contributed by atoms with Gasteiger partial charge >= 0.3 is 6.03 Å². The van der Waals surface area contributed by atoms with E-state index in [4.69, 9.17) is 0 Å². The molecule has 0 spiro atoms. The van der Waals surface area contributed by atoms with Crippen LogP contribution in [0.4, 0.5) is 4.79 Å². The number of benzene rings is 1. The monoisotopic (exact) mass is 358 g/mol. The third kappa shape index (κ3) is 5.05. The molecule has 2 aliphatic rings. The molecule has 1 aromatic carbocycles. The highest BCUT2D eigenvalue weighted by molar-refractivity contribution is 5.98. The molecule has 3 N–H and O–H groups in total. The van der Waals surface area contributed by atoms with Gasteiger partial charge in [0.25, 0.3) is 0 Å². The second kappa shape index (κ2) is 8.80. The van der Waals surface area contributed by atoms with E-state index in [9.17, 15) is 14.4 Å². The van der Waals surface area contributed by atoms with Gasteiger partial charge in [-0.15, -0.1) is 0 Å². The lowest BCUT2D eigenvalue weighted by Gasteiger charge is -2.32. The zero-order valence-corrected chi connectivity index (χ0v) is 14.9. The average Bonchev–Trinajstić information content (AvgIpc) is 2.83. The number of imide groups is 1. The van der Waals surface area contributed by atoms with Crippen molar-refractivity contribution in [2.24, 2.45) is 0 Å². The Bertz CT molecular complexity index is 641. The summed E-state index contributed by atoms with van der Waals surface area (Å²) in [6.45, 7) is 3.38. The summed E-state index contributed by atoms with van der Waals surface area (Å²) in [4.78, 5) is 37.3. The molecule has 1 aromatic rings. The van der Waals surface area contributed by atoms with Crippen LogP contribution < -0.4 is 16.0 Å². The maximum atomic E-state index is 12.2. The van der Waals surface area contributed by atoms with E-state index < -0.39 is 12.1 Å². The van der Waals surface area contributed by atoms with Gasteiger partial charge in [0.05, 0.1) is 0 Å². The van der Waals surface area contributed by atoms with Crippen LogP contribution in [0.5, 0.6) is 0 Å². The molecule has 3 rings (SSSR count). The standard InChI is InChI=1S/C19H26N4O3/c24-17-7-6-16(21-19(26)22-17)18(25)20-10-13-23-11-8-15(9-12-23)14-4-2-1-3-5-14/h1-5,15-16H,6-13H2,(H,20,25)(H2,21,22,24,26). The Morgan fingerprint density at radius 1 is 1.12 bits per heavy atom. The number of carbonyl (C=O) groups is 3. The van der Waals surface area contributed by atoms with Crippen molar-refractivity contribution in [1.29, 1.82) is 0 Å². The third-order valence-electron chi connectivity index (χ3n) is 5.12. The Labute approximate surface area is 153 Å². The number of hydrogen-bond acceptors (Lipinski definition) is 4. The number of piperidine rings is 1. The second-order valence-electron chi connectivity index (χ2n) is 6.93. The highest BCUT2D eigenvalue weighted by Crippen LogP contribution is 2.27. The van der Waals surface area contributed by atoms with Crippen LogP contribution in [0.15, 0.2) is 30.3 Å². The van der Waals surface area contributed by atoms with Crippen LogP contribution in [-0.2, 0) is 9.59 Å². The van der Waals surface area contributed by atoms with E-state index in [1.807, 2.05) is 6.07 Å². The topological polar surface area (TPSA) is 90.5 Å². The molecule has 7 heteroatoms. The van der Waals surface area contributed by atoms with Crippen LogP contribution in [0.3, 0.4) is 0 Å². The Balaban J connectivity index is 1.37. The van der Waals surface area contributed by atoms with Gasteiger partial charge in [-0.05, 0) is 43.8 Å². The summed E-state index contributed by atoms with van der Waals surface area (Å²) in [6.07, 6.45) is 2.75. The SMILES string of the molecule is O=C1CCC(C(=O)NCCN2CCC(c3ccccc3)CC2)NC(=O)N1. The van der Waals surface area contributed by atoms with Gasteiger partial charge in [0.2, 0.25) is 11.8 Å². The minimum absolute atomic E-state index is 0.170. The van der Waals surface area contributed by atoms with Gasteiger partial charge < -0.3 is 15.5 Å². The molecule has 0 radical (unpaired) electrons. The Hall–Kier alpha value is -2.41. The molecule has 2 saturated heterocycles. The number of amides is 4. The Kier molecular flexibility index (Phi) is 6.22. The Morgan fingerprint density at radius 3 is 2.58 bits per heavy atom. The Morgan fingerprint density at radius 2 is 1.85 bits per heavy atom. The smallest absolute Gasteiger partial charge is 0.322 e. The predicted octanol–water partition coefficient (Wildman–Crippen LogP) is 0.970. The van der Waals surface area contributed by atoms with Crippen molar-refractivity contribution in [3.05, 3.63) is 35.9 Å². The van der Waals surface area contributed by atoms with Crippen molar-refractivity contribution >= 4 is 17.8 Å². The first kappa shape index (κ1) is 18.4. The van der Waals surface area contributed by atoms with Gasteiger partial charge in [-0.2, -0.15) is 0 Å². The molecular formula is C19H26N4O3. The molecule has 1 unspecified atom stereocenters. The number of rotatable bonds is 5. The lowest BCUT2D eigenvalue weighted by Crippen LogP contribution is -2.49. The zero-order chi connectivity index (χ0) is 18.4. The van der Waals surface area contributed by atoms with Crippen LogP contribution >= 0.6 is 0 Å². The molecule has 140 valence electrons. The van der Waals surface area contributed by atoms with E-state index in [-0.39, 0.29) is 18.2 Å². The largest absolute Gasteiger partial charge is 0.353 e. The highest BCUT2D eigenvalue weighted by atomic mass is 16.2. The van der Waals surface area contributed by atoms with Gasteiger partial charge in [0.15, 0.2) is 0 Å². The summed E-state index contributed by atoms with van der Waals surface area (Å²) < 4.78 is 0. The molecule has 2 aliphatic heterocycles. The summed E-state index contributed by atoms with van der Waals surface area (Å²) in [6, 6.07) is 9.37. The van der Waals surface area contributed by atoms with E-state index >= 15 is 0 Å². The number of hydrogen-bond donors (Lipinski definition) is 3. The molecule has 4 amide bonds. The number of nitrogens with one attached hydrogen (secondary N) is 3. The zero-order valence-electron chi connectivity index (χ0n) is 14.9. The van der Waals surface area contributed by atoms with Crippen LogP contribution in [0.1, 0.15) is 37.2 Å². The van der Waals surface area contributed by atoms with E-state index in [0.717, 1.165) is 32.5 Å². The summed E-state index contributed by atoms with van der Waals surface area (Å²) >= 11 is 0. The van der Waals surface area contributed by atoms with Crippen molar-refractivity contribution in [1.82, 2.24) is 20.9 Å². The minimum Gasteiger partial charge on any atom is -0.353 e. The minimum atomic E-state index is -0.648. The first-order valence-corrected chi connectivity index (χ1v) is 9.27. The maximum Gasteiger partial charge on any atom is 0.322 e. The second-order valence-corrected chi connectivity index (χ2v) is 6.93. The fourth-order valence-electron chi connectivity index (χ4n) is 3.60. The molecule has 2 fully saturated rings. The fraction of sp³-hybridized carbons (Fsp3) is 0.526.